The Morgan fingerprint density at radius 2 is 2.05 bits per heavy atom. The van der Waals surface area contributed by atoms with Gasteiger partial charge in [0.1, 0.15) is 0 Å². The van der Waals surface area contributed by atoms with E-state index in [9.17, 15) is 4.79 Å². The lowest BCUT2D eigenvalue weighted by Crippen LogP contribution is -2.23. The summed E-state index contributed by atoms with van der Waals surface area (Å²) in [6.07, 6.45) is 7.40. The molecule has 0 aliphatic rings. The van der Waals surface area contributed by atoms with Gasteiger partial charge in [-0.25, -0.2) is 0 Å². The molecule has 0 aliphatic carbocycles. The summed E-state index contributed by atoms with van der Waals surface area (Å²) in [5, 5.41) is 4.80. The van der Waals surface area contributed by atoms with Crippen molar-refractivity contribution < 1.29 is 4.79 Å². The van der Waals surface area contributed by atoms with Crippen LogP contribution in [0, 0.1) is 11.8 Å². The van der Waals surface area contributed by atoms with Gasteiger partial charge >= 0.3 is 0 Å². The van der Waals surface area contributed by atoms with Gasteiger partial charge in [-0.15, -0.1) is 11.3 Å². The predicted molar refractivity (Wildman–Crippen MR) is 86.0 cm³/mol. The van der Waals surface area contributed by atoms with E-state index in [1.165, 1.54) is 43.4 Å². The minimum absolute atomic E-state index is 0.00407. The molecule has 0 aliphatic heterocycles. The molecule has 1 amide bonds. The number of nitrogens with two attached hydrogens (primary N) is 1. The number of hydrogen-bond acceptors (Lipinski definition) is 3. The van der Waals surface area contributed by atoms with Crippen LogP contribution in [-0.4, -0.2) is 19.0 Å². The lowest BCUT2D eigenvalue weighted by molar-refractivity contribution is 0.0953. The summed E-state index contributed by atoms with van der Waals surface area (Å²) in [5.74, 6) is 5.72. The van der Waals surface area contributed by atoms with Crippen LogP contribution >= 0.6 is 11.3 Å². The molecule has 0 saturated carbocycles. The Hall–Kier alpha value is -1.31. The quantitative estimate of drug-likeness (QED) is 0.571. The number of carbonyl (C=O) groups is 1. The lowest BCUT2D eigenvalue weighted by atomic mass is 10.1. The average molecular weight is 292 g/mol. The fraction of sp³-hybridized carbons (Fsp3) is 0.562. The van der Waals surface area contributed by atoms with Gasteiger partial charge < -0.3 is 11.1 Å². The summed E-state index contributed by atoms with van der Waals surface area (Å²) in [7, 11) is 0. The zero-order valence-electron chi connectivity index (χ0n) is 12.2. The first-order valence-electron chi connectivity index (χ1n) is 7.33. The molecule has 0 bridgehead atoms. The largest absolute Gasteiger partial charge is 0.352 e. The molecule has 20 heavy (non-hydrogen) atoms. The van der Waals surface area contributed by atoms with Crippen molar-refractivity contribution in [1.29, 1.82) is 0 Å². The molecule has 0 radical (unpaired) electrons. The highest BCUT2D eigenvalue weighted by molar-refractivity contribution is 7.10. The molecule has 0 fully saturated rings. The van der Waals surface area contributed by atoms with Crippen LogP contribution in [0.5, 0.6) is 0 Å². The maximum absolute atomic E-state index is 11.9. The van der Waals surface area contributed by atoms with Crippen LogP contribution in [0.2, 0.25) is 0 Å². The Balaban J connectivity index is 2.20. The number of thiophene rings is 1. The fourth-order valence-corrected chi connectivity index (χ4v) is 2.62. The Bertz CT molecular complexity index is 457. The maximum Gasteiger partial charge on any atom is 0.252 e. The Kier molecular flexibility index (Phi) is 8.77. The van der Waals surface area contributed by atoms with E-state index in [0.29, 0.717) is 12.1 Å². The predicted octanol–water partition coefficient (Wildman–Crippen LogP) is 3.15. The van der Waals surface area contributed by atoms with Crippen LogP contribution in [-0.2, 0) is 0 Å². The molecular formula is C16H24N2OS. The monoisotopic (exact) mass is 292 g/mol. The topological polar surface area (TPSA) is 55.1 Å². The molecule has 1 heterocycles. The molecule has 0 unspecified atom stereocenters. The Morgan fingerprint density at radius 1 is 1.30 bits per heavy atom. The van der Waals surface area contributed by atoms with Gasteiger partial charge in [0.25, 0.3) is 5.91 Å². The molecular weight excluding hydrogens is 268 g/mol. The molecule has 0 aromatic carbocycles. The highest BCUT2D eigenvalue weighted by Gasteiger charge is 2.06. The summed E-state index contributed by atoms with van der Waals surface area (Å²) in [6.45, 7) is 3.31. The highest BCUT2D eigenvalue weighted by atomic mass is 32.1. The van der Waals surface area contributed by atoms with Crippen molar-refractivity contribution in [1.82, 2.24) is 5.32 Å². The van der Waals surface area contributed by atoms with Crippen molar-refractivity contribution in [3.63, 3.8) is 0 Å². The van der Waals surface area contributed by atoms with Gasteiger partial charge in [-0.2, -0.15) is 0 Å². The van der Waals surface area contributed by atoms with E-state index in [1.807, 2.05) is 11.4 Å². The molecule has 3 nitrogen and oxygen atoms in total. The smallest absolute Gasteiger partial charge is 0.252 e. The second-order valence-corrected chi connectivity index (χ2v) is 5.64. The van der Waals surface area contributed by atoms with Gasteiger partial charge in [-0.3, -0.25) is 4.79 Å². The first-order chi connectivity index (χ1) is 9.77. The lowest BCUT2D eigenvalue weighted by Gasteiger charge is -2.03. The van der Waals surface area contributed by atoms with E-state index >= 15 is 0 Å². The molecule has 1 rings (SSSR count). The summed E-state index contributed by atoms with van der Waals surface area (Å²) in [5.41, 5.74) is 6.02. The minimum atomic E-state index is -0.00407. The van der Waals surface area contributed by atoms with Crippen molar-refractivity contribution in [2.75, 3.05) is 13.1 Å². The maximum atomic E-state index is 11.9. The van der Waals surface area contributed by atoms with E-state index in [4.69, 9.17) is 5.73 Å². The van der Waals surface area contributed by atoms with Gasteiger partial charge in [0.05, 0.1) is 17.0 Å². The van der Waals surface area contributed by atoms with Crippen LogP contribution < -0.4 is 11.1 Å². The minimum Gasteiger partial charge on any atom is -0.352 e. The zero-order valence-corrected chi connectivity index (χ0v) is 13.0. The van der Waals surface area contributed by atoms with Crippen LogP contribution in [0.15, 0.2) is 11.4 Å². The fourth-order valence-electron chi connectivity index (χ4n) is 1.87. The number of carbonyl (C=O) groups excluding carboxylic acids is 1. The number of rotatable bonds is 8. The second-order valence-electron chi connectivity index (χ2n) is 4.73. The van der Waals surface area contributed by atoms with Gasteiger partial charge in [0, 0.05) is 11.9 Å². The van der Waals surface area contributed by atoms with E-state index in [2.05, 4.69) is 24.1 Å². The first-order valence-corrected chi connectivity index (χ1v) is 8.21. The van der Waals surface area contributed by atoms with E-state index in [1.54, 1.807) is 0 Å². The van der Waals surface area contributed by atoms with Crippen molar-refractivity contribution in [2.24, 2.45) is 5.73 Å². The summed E-state index contributed by atoms with van der Waals surface area (Å²) in [6, 6.07) is 1.82. The number of nitrogens with one attached hydrogen (secondary N) is 1. The standard InChI is InChI=1S/C16H24N2OS/c1-2-3-4-5-6-7-11-18-16(19)14-12-15(20-13-14)9-8-10-17/h12-13H,2-7,10-11,17H2,1H3,(H,18,19). The number of unbranched alkanes of at least 4 members (excludes halogenated alkanes) is 5. The third-order valence-corrected chi connectivity index (χ3v) is 3.84. The molecule has 0 saturated heterocycles. The SMILES string of the molecule is CCCCCCCCNC(=O)c1csc(C#CCN)c1. The molecule has 0 spiro atoms. The molecule has 1 aromatic heterocycles. The van der Waals surface area contributed by atoms with Crippen molar-refractivity contribution in [3.8, 4) is 11.8 Å². The summed E-state index contributed by atoms with van der Waals surface area (Å²) < 4.78 is 0. The van der Waals surface area contributed by atoms with Gasteiger partial charge in [0.2, 0.25) is 0 Å². The normalized spacial score (nSPS) is 9.90. The third kappa shape index (κ3) is 6.74. The molecule has 1 aromatic rings. The van der Waals surface area contributed by atoms with Crippen LogP contribution in [0.4, 0.5) is 0 Å². The van der Waals surface area contributed by atoms with E-state index in [0.717, 1.165) is 17.8 Å². The van der Waals surface area contributed by atoms with Crippen molar-refractivity contribution in [3.05, 3.63) is 21.9 Å². The van der Waals surface area contributed by atoms with Crippen molar-refractivity contribution in [2.45, 2.75) is 45.4 Å². The molecule has 0 atom stereocenters. The van der Waals surface area contributed by atoms with E-state index in [-0.39, 0.29) is 5.91 Å². The third-order valence-electron chi connectivity index (χ3n) is 2.99. The van der Waals surface area contributed by atoms with Gasteiger partial charge in [-0.05, 0) is 12.5 Å². The van der Waals surface area contributed by atoms with Crippen molar-refractivity contribution >= 4 is 17.2 Å². The van der Waals surface area contributed by atoms with Crippen LogP contribution in [0.1, 0.15) is 60.7 Å². The van der Waals surface area contributed by atoms with Gasteiger partial charge in [-0.1, -0.05) is 50.9 Å². The second kappa shape index (κ2) is 10.5. The zero-order chi connectivity index (χ0) is 14.6. The molecule has 110 valence electrons. The van der Waals surface area contributed by atoms with Gasteiger partial charge in [0.15, 0.2) is 0 Å². The average Bonchev–Trinajstić information content (AvgIpc) is 2.93. The Labute approximate surface area is 126 Å². The summed E-state index contributed by atoms with van der Waals surface area (Å²) in [4.78, 5) is 12.8. The van der Waals surface area contributed by atoms with E-state index < -0.39 is 0 Å². The number of amides is 1. The van der Waals surface area contributed by atoms with Crippen LogP contribution in [0.25, 0.3) is 0 Å². The first kappa shape index (κ1) is 16.7. The number of hydrogen-bond donors (Lipinski definition) is 2. The highest BCUT2D eigenvalue weighted by Crippen LogP contribution is 2.13. The summed E-state index contributed by atoms with van der Waals surface area (Å²) >= 11 is 1.48. The molecule has 3 N–H and O–H groups in total. The van der Waals surface area contributed by atoms with Crippen LogP contribution in [0.3, 0.4) is 0 Å². The Morgan fingerprint density at radius 3 is 2.80 bits per heavy atom. The molecule has 4 heteroatoms.